The molecule has 6 aromatic carbocycles. The highest BCUT2D eigenvalue weighted by molar-refractivity contribution is 7.20. The van der Waals surface area contributed by atoms with Gasteiger partial charge in [-0.2, -0.15) is 0 Å². The van der Waals surface area contributed by atoms with Gasteiger partial charge in [0.05, 0.1) is 0 Å². The van der Waals surface area contributed by atoms with Crippen LogP contribution in [0.2, 0.25) is 0 Å². The van der Waals surface area contributed by atoms with Gasteiger partial charge in [-0.1, -0.05) is 117 Å². The van der Waals surface area contributed by atoms with Crippen molar-refractivity contribution in [2.45, 2.75) is 32.1 Å². The van der Waals surface area contributed by atoms with E-state index in [2.05, 4.69) is 158 Å². The summed E-state index contributed by atoms with van der Waals surface area (Å²) in [5.74, 6) is 0. The first kappa shape index (κ1) is 26.5. The highest BCUT2D eigenvalue weighted by Crippen LogP contribution is 2.54. The van der Waals surface area contributed by atoms with Gasteiger partial charge < -0.3 is 4.90 Å². The summed E-state index contributed by atoms with van der Waals surface area (Å²) in [5, 5.41) is 4.09. The van der Waals surface area contributed by atoms with Crippen LogP contribution in [-0.2, 0) is 11.8 Å². The van der Waals surface area contributed by atoms with Crippen molar-refractivity contribution in [2.75, 3.05) is 4.90 Å². The lowest BCUT2D eigenvalue weighted by Crippen LogP contribution is -2.24. The van der Waals surface area contributed by atoms with Crippen LogP contribution in [0.4, 0.5) is 17.1 Å². The lowest BCUT2D eigenvalue weighted by molar-refractivity contribution is 0.645. The number of rotatable bonds is 4. The molecule has 216 valence electrons. The van der Waals surface area contributed by atoms with Crippen LogP contribution in [-0.4, -0.2) is 0 Å². The van der Waals surface area contributed by atoms with Crippen molar-refractivity contribution in [3.05, 3.63) is 155 Å². The van der Waals surface area contributed by atoms with Crippen LogP contribution in [0.5, 0.6) is 0 Å². The molecule has 1 heterocycles. The quantitative estimate of drug-likeness (QED) is 0.196. The number of hydrogen-bond donors (Lipinski definition) is 0. The highest BCUT2D eigenvalue weighted by atomic mass is 32.1. The van der Waals surface area contributed by atoms with Crippen LogP contribution in [0.15, 0.2) is 133 Å². The maximum atomic E-state index is 2.45. The molecule has 2 aliphatic carbocycles. The van der Waals surface area contributed by atoms with E-state index in [-0.39, 0.29) is 5.41 Å². The molecule has 0 aliphatic heterocycles. The van der Waals surface area contributed by atoms with E-state index in [1.807, 2.05) is 11.3 Å². The van der Waals surface area contributed by atoms with E-state index in [1.54, 1.807) is 0 Å². The molecule has 0 spiro atoms. The van der Waals surface area contributed by atoms with E-state index in [0.717, 1.165) is 24.2 Å². The number of hydrogen-bond acceptors (Lipinski definition) is 2. The van der Waals surface area contributed by atoms with Crippen molar-refractivity contribution in [2.24, 2.45) is 0 Å². The topological polar surface area (TPSA) is 3.24 Å². The third-order valence-corrected chi connectivity index (χ3v) is 11.2. The smallest absolute Gasteiger partial charge is 0.0465 e. The van der Waals surface area contributed by atoms with Gasteiger partial charge in [0.25, 0.3) is 0 Å². The molecule has 1 aromatic heterocycles. The van der Waals surface area contributed by atoms with Gasteiger partial charge in [0.15, 0.2) is 0 Å². The maximum Gasteiger partial charge on any atom is 0.0465 e. The number of para-hydroxylation sites is 2. The zero-order valence-electron chi connectivity index (χ0n) is 25.5. The second kappa shape index (κ2) is 10.1. The summed E-state index contributed by atoms with van der Waals surface area (Å²) in [6.45, 7) is 4.80. The number of fused-ring (bicyclic) bond motifs is 5. The van der Waals surface area contributed by atoms with Crippen LogP contribution < -0.4 is 4.90 Å². The van der Waals surface area contributed by atoms with Gasteiger partial charge in [0.1, 0.15) is 0 Å². The lowest BCUT2D eigenvalue weighted by Gasteiger charge is -2.37. The first-order valence-electron chi connectivity index (χ1n) is 15.9. The minimum atomic E-state index is -0.172. The standard InChI is InChI=1S/C43H33NS/c1-43(2)37-21-11-13-28-23-25-33(35-20-12-19-34-32-18-9-10-22-39(32)45-42(34)35)41(40(28)37)36-26-24-31(27-38(36)43)44(29-14-5-3-6-15-29)30-16-7-4-8-17-30/h3-9,11-21,23-27H,10,22H2,1-2H3. The Bertz CT molecular complexity index is 2250. The fourth-order valence-corrected chi connectivity index (χ4v) is 9.07. The summed E-state index contributed by atoms with van der Waals surface area (Å²) >= 11 is 1.99. The minimum absolute atomic E-state index is 0.172. The summed E-state index contributed by atoms with van der Waals surface area (Å²) in [4.78, 5) is 3.89. The molecule has 0 saturated heterocycles. The first-order chi connectivity index (χ1) is 22.1. The fraction of sp³-hybridized carbons (Fsp3) is 0.116. The van der Waals surface area contributed by atoms with Crippen LogP contribution in [0, 0.1) is 0 Å². The molecule has 2 aliphatic rings. The summed E-state index contributed by atoms with van der Waals surface area (Å²) in [5.41, 5.74) is 12.9. The number of thiophene rings is 1. The van der Waals surface area contributed by atoms with Crippen LogP contribution >= 0.6 is 11.3 Å². The predicted octanol–water partition coefficient (Wildman–Crippen LogP) is 12.5. The van der Waals surface area contributed by atoms with Crippen LogP contribution in [0.3, 0.4) is 0 Å². The molecule has 1 nitrogen and oxygen atoms in total. The fourth-order valence-electron chi connectivity index (χ4n) is 7.74. The van der Waals surface area contributed by atoms with Gasteiger partial charge in [0.2, 0.25) is 0 Å². The summed E-state index contributed by atoms with van der Waals surface area (Å²) in [6, 6.07) is 47.1. The van der Waals surface area contributed by atoms with E-state index >= 15 is 0 Å². The Balaban J connectivity index is 1.32. The largest absolute Gasteiger partial charge is 0.310 e. The van der Waals surface area contributed by atoms with E-state index in [0.29, 0.717) is 0 Å². The van der Waals surface area contributed by atoms with Crippen LogP contribution in [0.25, 0.3) is 49.2 Å². The second-order valence-corrected chi connectivity index (χ2v) is 13.9. The molecule has 2 heteroatoms. The first-order valence-corrected chi connectivity index (χ1v) is 16.7. The van der Waals surface area contributed by atoms with Crippen molar-refractivity contribution in [1.29, 1.82) is 0 Å². The average Bonchev–Trinajstić information content (AvgIpc) is 3.47. The molecule has 45 heavy (non-hydrogen) atoms. The summed E-state index contributed by atoms with van der Waals surface area (Å²) in [7, 11) is 0. The van der Waals surface area contributed by atoms with Gasteiger partial charge in [-0.3, -0.25) is 0 Å². The Morgan fingerprint density at radius 1 is 0.622 bits per heavy atom. The zero-order chi connectivity index (χ0) is 30.1. The Kier molecular flexibility index (Phi) is 5.92. The van der Waals surface area contributed by atoms with Crippen molar-refractivity contribution < 1.29 is 0 Å². The van der Waals surface area contributed by atoms with Gasteiger partial charge in [-0.05, 0) is 93.4 Å². The second-order valence-electron chi connectivity index (χ2n) is 12.8. The molecule has 7 aromatic rings. The maximum absolute atomic E-state index is 2.45. The Hall–Kier alpha value is -4.92. The third kappa shape index (κ3) is 3.99. The SMILES string of the molecule is CC1(C)c2cc(N(c3ccccc3)c3ccccc3)ccc2-c2c(-c3cccc4c5c(sc34)CCC=C5)ccc3cccc1c23. The van der Waals surface area contributed by atoms with Crippen molar-refractivity contribution in [3.8, 4) is 22.3 Å². The lowest BCUT2D eigenvalue weighted by atomic mass is 9.67. The molecular formula is C43H33NS. The molecule has 0 amide bonds. The number of benzene rings is 6. The Labute approximate surface area is 268 Å². The van der Waals surface area contributed by atoms with Gasteiger partial charge in [-0.25, -0.2) is 0 Å². The Morgan fingerprint density at radius 3 is 2.13 bits per heavy atom. The Morgan fingerprint density at radius 2 is 1.36 bits per heavy atom. The minimum Gasteiger partial charge on any atom is -0.310 e. The zero-order valence-corrected chi connectivity index (χ0v) is 26.4. The number of nitrogens with zero attached hydrogens (tertiary/aromatic N) is 1. The highest BCUT2D eigenvalue weighted by Gasteiger charge is 2.35. The molecule has 0 radical (unpaired) electrons. The molecule has 0 fully saturated rings. The summed E-state index contributed by atoms with van der Waals surface area (Å²) in [6.07, 6.45) is 6.94. The van der Waals surface area contributed by atoms with Gasteiger partial charge in [-0.15, -0.1) is 11.3 Å². The van der Waals surface area contributed by atoms with Crippen molar-refractivity contribution in [1.82, 2.24) is 0 Å². The molecule has 0 atom stereocenters. The van der Waals surface area contributed by atoms with E-state index in [9.17, 15) is 0 Å². The molecule has 0 bridgehead atoms. The molecule has 0 saturated carbocycles. The molecule has 9 rings (SSSR count). The van der Waals surface area contributed by atoms with Gasteiger partial charge >= 0.3 is 0 Å². The normalized spacial score (nSPS) is 14.4. The van der Waals surface area contributed by atoms with E-state index in [4.69, 9.17) is 0 Å². The predicted molar refractivity (Wildman–Crippen MR) is 194 cm³/mol. The van der Waals surface area contributed by atoms with Crippen molar-refractivity contribution >= 4 is 55.3 Å². The molecule has 0 N–H and O–H groups in total. The number of aryl methyl sites for hydroxylation is 1. The molecular weight excluding hydrogens is 563 g/mol. The number of allylic oxidation sites excluding steroid dienone is 1. The van der Waals surface area contributed by atoms with Crippen LogP contribution in [0.1, 0.15) is 41.8 Å². The van der Waals surface area contributed by atoms with Gasteiger partial charge in [0, 0.05) is 43.0 Å². The third-order valence-electron chi connectivity index (χ3n) is 9.90. The van der Waals surface area contributed by atoms with E-state index in [1.165, 1.54) is 70.4 Å². The molecule has 0 unspecified atom stereocenters. The summed E-state index contributed by atoms with van der Waals surface area (Å²) < 4.78 is 1.41. The van der Waals surface area contributed by atoms with E-state index < -0.39 is 0 Å². The monoisotopic (exact) mass is 595 g/mol. The van der Waals surface area contributed by atoms with Crippen molar-refractivity contribution in [3.63, 3.8) is 0 Å². The average molecular weight is 596 g/mol. The number of anilines is 3.